The third-order valence-electron chi connectivity index (χ3n) is 2.68. The van der Waals surface area contributed by atoms with E-state index in [0.717, 1.165) is 18.6 Å². The van der Waals surface area contributed by atoms with Gasteiger partial charge in [0.2, 0.25) is 0 Å². The maximum atomic E-state index is 8.59. The molecule has 0 aromatic heterocycles. The average molecular weight is 246 g/mol. The molecule has 0 aliphatic rings. The number of aliphatic hydroxyl groups is 1. The van der Waals surface area contributed by atoms with Crippen molar-refractivity contribution in [3.63, 3.8) is 0 Å². The summed E-state index contributed by atoms with van der Waals surface area (Å²) in [4.78, 5) is 0. The highest BCUT2D eigenvalue weighted by molar-refractivity contribution is 5.35. The Bertz CT molecular complexity index is 370. The fourth-order valence-corrected chi connectivity index (χ4v) is 1.65. The molecule has 0 saturated heterocycles. The minimum absolute atomic E-state index is 0.0946. The van der Waals surface area contributed by atoms with Crippen molar-refractivity contribution < 1.29 is 9.84 Å². The molecule has 0 bridgehead atoms. The van der Waals surface area contributed by atoms with Crippen LogP contribution in [0.15, 0.2) is 24.3 Å². The van der Waals surface area contributed by atoms with Crippen molar-refractivity contribution in [1.29, 1.82) is 0 Å². The number of hydrogen-bond acceptors (Lipinski definition) is 2. The first kappa shape index (κ1) is 14.8. The van der Waals surface area contributed by atoms with E-state index in [2.05, 4.69) is 18.8 Å². The van der Waals surface area contributed by atoms with Gasteiger partial charge in [0.1, 0.15) is 6.61 Å². The lowest BCUT2D eigenvalue weighted by atomic mass is 10.1. The van der Waals surface area contributed by atoms with Crippen LogP contribution >= 0.6 is 0 Å². The molecule has 1 N–H and O–H groups in total. The average Bonchev–Trinajstić information content (AvgIpc) is 2.42. The molecule has 1 aromatic carbocycles. The molecule has 0 fully saturated rings. The Morgan fingerprint density at radius 1 is 1.11 bits per heavy atom. The van der Waals surface area contributed by atoms with Crippen LogP contribution in [-0.4, -0.2) is 18.3 Å². The minimum atomic E-state index is -0.0946. The highest BCUT2D eigenvalue weighted by Crippen LogP contribution is 2.06. The minimum Gasteiger partial charge on any atom is -0.384 e. The first-order valence-electron chi connectivity index (χ1n) is 6.63. The lowest BCUT2D eigenvalue weighted by molar-refractivity contribution is 0.117. The summed E-state index contributed by atoms with van der Waals surface area (Å²) in [5.74, 6) is 5.50. The zero-order chi connectivity index (χ0) is 13.1. The Morgan fingerprint density at radius 2 is 1.89 bits per heavy atom. The summed E-state index contributed by atoms with van der Waals surface area (Å²) in [6.45, 7) is 3.62. The van der Waals surface area contributed by atoms with Gasteiger partial charge in [-0.25, -0.2) is 0 Å². The van der Waals surface area contributed by atoms with E-state index in [1.165, 1.54) is 24.8 Å². The van der Waals surface area contributed by atoms with Crippen LogP contribution in [0.5, 0.6) is 0 Å². The van der Waals surface area contributed by atoms with Gasteiger partial charge in [0.15, 0.2) is 0 Å². The van der Waals surface area contributed by atoms with Gasteiger partial charge in [0.05, 0.1) is 6.61 Å². The Hall–Kier alpha value is -1.30. The highest BCUT2D eigenvalue weighted by atomic mass is 16.5. The van der Waals surface area contributed by atoms with Crippen molar-refractivity contribution in [3.05, 3.63) is 35.4 Å². The molecule has 0 atom stereocenters. The van der Waals surface area contributed by atoms with Crippen LogP contribution in [0.2, 0.25) is 0 Å². The second kappa shape index (κ2) is 9.70. The summed E-state index contributed by atoms with van der Waals surface area (Å²) in [6, 6.07) is 7.96. The number of rotatable bonds is 7. The Labute approximate surface area is 110 Å². The number of unbranched alkanes of at least 4 members (excludes halogenated alkanes) is 3. The van der Waals surface area contributed by atoms with Crippen molar-refractivity contribution >= 4 is 0 Å². The van der Waals surface area contributed by atoms with Gasteiger partial charge in [0, 0.05) is 12.2 Å². The summed E-state index contributed by atoms with van der Waals surface area (Å²) < 4.78 is 5.61. The maximum Gasteiger partial charge on any atom is 0.104 e. The molecule has 0 spiro atoms. The molecule has 0 unspecified atom stereocenters. The van der Waals surface area contributed by atoms with E-state index in [0.29, 0.717) is 6.61 Å². The molecule has 0 amide bonds. The largest absolute Gasteiger partial charge is 0.384 e. The highest BCUT2D eigenvalue weighted by Gasteiger charge is 1.94. The number of benzene rings is 1. The third-order valence-corrected chi connectivity index (χ3v) is 2.68. The molecule has 0 aliphatic heterocycles. The molecule has 2 nitrogen and oxygen atoms in total. The molecular formula is C16H22O2. The van der Waals surface area contributed by atoms with Gasteiger partial charge in [-0.05, 0) is 24.1 Å². The second-order valence-electron chi connectivity index (χ2n) is 4.27. The smallest absolute Gasteiger partial charge is 0.104 e. The summed E-state index contributed by atoms with van der Waals surface area (Å²) in [5.41, 5.74) is 2.09. The third kappa shape index (κ3) is 6.44. The lowest BCUT2D eigenvalue weighted by Crippen LogP contribution is -1.95. The van der Waals surface area contributed by atoms with Crippen molar-refractivity contribution in [2.45, 2.75) is 39.2 Å². The van der Waals surface area contributed by atoms with Gasteiger partial charge in [-0.1, -0.05) is 50.2 Å². The molecule has 2 heteroatoms. The fraction of sp³-hybridized carbons (Fsp3) is 0.500. The van der Waals surface area contributed by atoms with Crippen molar-refractivity contribution in [2.24, 2.45) is 0 Å². The molecule has 0 aliphatic carbocycles. The molecule has 18 heavy (non-hydrogen) atoms. The number of hydrogen-bond donors (Lipinski definition) is 1. The molecule has 0 radical (unpaired) electrons. The Balaban J connectivity index is 2.22. The summed E-state index contributed by atoms with van der Waals surface area (Å²) in [7, 11) is 0. The SMILES string of the molecule is CCCCCCOCc1ccc(C#CCO)cc1. The van der Waals surface area contributed by atoms with Crippen LogP contribution in [0.25, 0.3) is 0 Å². The number of ether oxygens (including phenoxy) is 1. The first-order valence-corrected chi connectivity index (χ1v) is 6.63. The van der Waals surface area contributed by atoms with Crippen LogP contribution in [0.4, 0.5) is 0 Å². The van der Waals surface area contributed by atoms with E-state index in [1.807, 2.05) is 24.3 Å². The molecule has 0 saturated carbocycles. The summed E-state index contributed by atoms with van der Waals surface area (Å²) in [5, 5.41) is 8.59. The van der Waals surface area contributed by atoms with Gasteiger partial charge in [-0.3, -0.25) is 0 Å². The van der Waals surface area contributed by atoms with E-state index in [-0.39, 0.29) is 6.61 Å². The zero-order valence-corrected chi connectivity index (χ0v) is 11.1. The second-order valence-corrected chi connectivity index (χ2v) is 4.27. The van der Waals surface area contributed by atoms with Crippen LogP contribution in [0.1, 0.15) is 43.7 Å². The van der Waals surface area contributed by atoms with E-state index >= 15 is 0 Å². The van der Waals surface area contributed by atoms with Gasteiger partial charge < -0.3 is 9.84 Å². The van der Waals surface area contributed by atoms with Crippen LogP contribution < -0.4 is 0 Å². The monoisotopic (exact) mass is 246 g/mol. The molecule has 0 heterocycles. The quantitative estimate of drug-likeness (QED) is 0.591. The van der Waals surface area contributed by atoms with Crippen molar-refractivity contribution in [3.8, 4) is 11.8 Å². The predicted molar refractivity (Wildman–Crippen MR) is 74.2 cm³/mol. The molecule has 1 aromatic rings. The van der Waals surface area contributed by atoms with Gasteiger partial charge in [-0.15, -0.1) is 0 Å². The predicted octanol–water partition coefficient (Wildman–Crippen LogP) is 3.13. The van der Waals surface area contributed by atoms with Crippen LogP contribution in [0.3, 0.4) is 0 Å². The van der Waals surface area contributed by atoms with E-state index < -0.39 is 0 Å². The van der Waals surface area contributed by atoms with Crippen LogP contribution in [-0.2, 0) is 11.3 Å². The van der Waals surface area contributed by atoms with Gasteiger partial charge >= 0.3 is 0 Å². The lowest BCUT2D eigenvalue weighted by Gasteiger charge is -2.04. The summed E-state index contributed by atoms with van der Waals surface area (Å²) in [6.07, 6.45) is 4.96. The normalized spacial score (nSPS) is 9.89. The molecular weight excluding hydrogens is 224 g/mol. The standard InChI is InChI=1S/C16H22O2/c1-2-3-4-5-13-18-14-16-10-8-15(9-11-16)7-6-12-17/h8-11,17H,2-5,12-14H2,1H3. The van der Waals surface area contributed by atoms with Gasteiger partial charge in [0.25, 0.3) is 0 Å². The Kier molecular flexibility index (Phi) is 7.96. The van der Waals surface area contributed by atoms with E-state index in [1.54, 1.807) is 0 Å². The molecule has 98 valence electrons. The van der Waals surface area contributed by atoms with Crippen molar-refractivity contribution in [2.75, 3.05) is 13.2 Å². The van der Waals surface area contributed by atoms with E-state index in [9.17, 15) is 0 Å². The topological polar surface area (TPSA) is 29.5 Å². The fourth-order valence-electron chi connectivity index (χ4n) is 1.65. The maximum absolute atomic E-state index is 8.59. The van der Waals surface area contributed by atoms with Crippen molar-refractivity contribution in [1.82, 2.24) is 0 Å². The van der Waals surface area contributed by atoms with Gasteiger partial charge in [-0.2, -0.15) is 0 Å². The number of aliphatic hydroxyl groups excluding tert-OH is 1. The van der Waals surface area contributed by atoms with E-state index in [4.69, 9.17) is 9.84 Å². The first-order chi connectivity index (χ1) is 8.86. The Morgan fingerprint density at radius 3 is 2.56 bits per heavy atom. The van der Waals surface area contributed by atoms with Crippen LogP contribution in [0, 0.1) is 11.8 Å². The summed E-state index contributed by atoms with van der Waals surface area (Å²) >= 11 is 0. The molecule has 1 rings (SSSR count). The zero-order valence-electron chi connectivity index (χ0n) is 11.1.